The van der Waals surface area contributed by atoms with E-state index in [0.717, 1.165) is 12.1 Å². The molecular weight excluding hydrogens is 230 g/mol. The highest BCUT2D eigenvalue weighted by atomic mass is 16.1. The molecule has 0 aliphatic carbocycles. The molecule has 1 amide bonds. The van der Waals surface area contributed by atoms with Gasteiger partial charge in [0.25, 0.3) is 5.91 Å². The van der Waals surface area contributed by atoms with Gasteiger partial charge in [0.05, 0.1) is 0 Å². The second kappa shape index (κ2) is 5.22. The summed E-state index contributed by atoms with van der Waals surface area (Å²) in [6.45, 7) is 1.95. The van der Waals surface area contributed by atoms with E-state index in [1.165, 1.54) is 12.3 Å². The zero-order valence-corrected chi connectivity index (χ0v) is 9.92. The maximum absolute atomic E-state index is 12.0. The minimum absolute atomic E-state index is 0.278. The summed E-state index contributed by atoms with van der Waals surface area (Å²) in [4.78, 5) is 16.1. The van der Waals surface area contributed by atoms with Crippen molar-refractivity contribution in [2.24, 2.45) is 0 Å². The van der Waals surface area contributed by atoms with E-state index in [1.807, 2.05) is 6.92 Å². The maximum atomic E-state index is 12.0. The molecule has 0 radical (unpaired) electrons. The fourth-order valence-electron chi connectivity index (χ4n) is 1.48. The molecule has 18 heavy (non-hydrogen) atoms. The van der Waals surface area contributed by atoms with Crippen LogP contribution in [0.5, 0.6) is 0 Å². The molecule has 2 aromatic rings. The Morgan fingerprint density at radius 1 is 1.44 bits per heavy atom. The molecule has 0 bridgehead atoms. The van der Waals surface area contributed by atoms with Crippen LogP contribution in [-0.2, 0) is 6.42 Å². The summed E-state index contributed by atoms with van der Waals surface area (Å²) in [6, 6.07) is 6.60. The lowest BCUT2D eigenvalue weighted by molar-refractivity contribution is 0.102. The molecule has 0 atom stereocenters. The number of nitrogens with two attached hydrogens (primary N) is 1. The third-order valence-electron chi connectivity index (χ3n) is 2.34. The fourth-order valence-corrected chi connectivity index (χ4v) is 1.48. The lowest BCUT2D eigenvalue weighted by Crippen LogP contribution is -2.14. The number of amides is 1. The molecular formula is C12H13N5O. The van der Waals surface area contributed by atoms with E-state index in [-0.39, 0.29) is 5.91 Å². The topological polar surface area (TPSA) is 93.8 Å². The zero-order chi connectivity index (χ0) is 13.0. The molecule has 0 spiro atoms. The molecule has 2 aromatic heterocycles. The van der Waals surface area contributed by atoms with Gasteiger partial charge in [-0.15, -0.1) is 5.10 Å². The largest absolute Gasteiger partial charge is 0.384 e. The molecule has 0 fully saturated rings. The second-order valence-corrected chi connectivity index (χ2v) is 3.69. The molecule has 6 heteroatoms. The number of hydrogen-bond donors (Lipinski definition) is 2. The predicted octanol–water partition coefficient (Wildman–Crippen LogP) is 1.27. The Bertz CT molecular complexity index is 556. The van der Waals surface area contributed by atoms with Gasteiger partial charge in [0.2, 0.25) is 0 Å². The van der Waals surface area contributed by atoms with Crippen LogP contribution in [0.15, 0.2) is 30.5 Å². The third kappa shape index (κ3) is 2.79. The molecule has 0 aliphatic rings. The predicted molar refractivity (Wildman–Crippen MR) is 68.0 cm³/mol. The first-order chi connectivity index (χ1) is 8.69. The Morgan fingerprint density at radius 3 is 2.94 bits per heavy atom. The Kier molecular flexibility index (Phi) is 3.47. The van der Waals surface area contributed by atoms with Crippen LogP contribution >= 0.6 is 0 Å². The van der Waals surface area contributed by atoms with E-state index in [1.54, 1.807) is 18.2 Å². The van der Waals surface area contributed by atoms with Crippen LogP contribution in [0.25, 0.3) is 0 Å². The first-order valence-electron chi connectivity index (χ1n) is 5.54. The monoisotopic (exact) mass is 243 g/mol. The van der Waals surface area contributed by atoms with Crippen molar-refractivity contribution < 1.29 is 4.79 Å². The smallest absolute Gasteiger partial charge is 0.257 e. The summed E-state index contributed by atoms with van der Waals surface area (Å²) in [6.07, 6.45) is 2.26. The molecule has 2 rings (SSSR count). The van der Waals surface area contributed by atoms with Crippen molar-refractivity contribution in [2.75, 3.05) is 11.1 Å². The lowest BCUT2D eigenvalue weighted by Gasteiger charge is -2.06. The summed E-state index contributed by atoms with van der Waals surface area (Å²) >= 11 is 0. The van der Waals surface area contributed by atoms with Gasteiger partial charge in [0.1, 0.15) is 5.82 Å². The minimum atomic E-state index is -0.278. The SMILES string of the molecule is CCc1cc(C(=O)Nc2cccnn2)cc(N)n1. The van der Waals surface area contributed by atoms with Gasteiger partial charge in [-0.2, -0.15) is 5.10 Å². The summed E-state index contributed by atoms with van der Waals surface area (Å²) in [7, 11) is 0. The first-order valence-corrected chi connectivity index (χ1v) is 5.54. The van der Waals surface area contributed by atoms with Crippen molar-refractivity contribution in [2.45, 2.75) is 13.3 Å². The fraction of sp³-hybridized carbons (Fsp3) is 0.167. The van der Waals surface area contributed by atoms with Gasteiger partial charge < -0.3 is 11.1 Å². The Labute approximate surface area is 104 Å². The van der Waals surface area contributed by atoms with E-state index in [0.29, 0.717) is 17.2 Å². The molecule has 6 nitrogen and oxygen atoms in total. The average Bonchev–Trinajstić information content (AvgIpc) is 2.39. The normalized spacial score (nSPS) is 10.1. The van der Waals surface area contributed by atoms with Gasteiger partial charge in [-0.05, 0) is 30.7 Å². The molecule has 2 heterocycles. The van der Waals surface area contributed by atoms with Gasteiger partial charge in [-0.25, -0.2) is 4.98 Å². The van der Waals surface area contributed by atoms with Crippen molar-refractivity contribution in [3.05, 3.63) is 41.7 Å². The number of nitrogens with one attached hydrogen (secondary N) is 1. The Hall–Kier alpha value is -2.50. The number of hydrogen-bond acceptors (Lipinski definition) is 5. The molecule has 0 unspecified atom stereocenters. The summed E-state index contributed by atoms with van der Waals surface area (Å²) in [5.74, 6) is 0.453. The van der Waals surface area contributed by atoms with Gasteiger partial charge in [0.15, 0.2) is 5.82 Å². The number of aryl methyl sites for hydroxylation is 1. The summed E-state index contributed by atoms with van der Waals surface area (Å²) < 4.78 is 0. The standard InChI is InChI=1S/C12H13N5O/c1-2-9-6-8(7-10(13)15-9)12(18)16-11-4-3-5-14-17-11/h3-7H,2H2,1H3,(H2,13,15)(H,16,17,18). The Balaban J connectivity index is 2.21. The van der Waals surface area contributed by atoms with E-state index in [2.05, 4.69) is 20.5 Å². The van der Waals surface area contributed by atoms with Crippen LogP contribution in [0.1, 0.15) is 23.0 Å². The van der Waals surface area contributed by atoms with E-state index >= 15 is 0 Å². The van der Waals surface area contributed by atoms with E-state index in [9.17, 15) is 4.79 Å². The Morgan fingerprint density at radius 2 is 2.28 bits per heavy atom. The number of nitrogens with zero attached hydrogens (tertiary/aromatic N) is 3. The van der Waals surface area contributed by atoms with Gasteiger partial charge in [-0.3, -0.25) is 4.79 Å². The number of rotatable bonds is 3. The first kappa shape index (κ1) is 12.0. The van der Waals surface area contributed by atoms with Crippen LogP contribution in [0.4, 0.5) is 11.6 Å². The minimum Gasteiger partial charge on any atom is -0.384 e. The van der Waals surface area contributed by atoms with Crippen LogP contribution in [0, 0.1) is 0 Å². The molecule has 92 valence electrons. The van der Waals surface area contributed by atoms with E-state index in [4.69, 9.17) is 5.73 Å². The van der Waals surface area contributed by atoms with Crippen LogP contribution < -0.4 is 11.1 Å². The zero-order valence-electron chi connectivity index (χ0n) is 9.92. The maximum Gasteiger partial charge on any atom is 0.257 e. The van der Waals surface area contributed by atoms with Crippen LogP contribution in [-0.4, -0.2) is 21.1 Å². The van der Waals surface area contributed by atoms with Gasteiger partial charge in [0, 0.05) is 17.5 Å². The highest BCUT2D eigenvalue weighted by Gasteiger charge is 2.09. The molecule has 0 aromatic carbocycles. The molecule has 3 N–H and O–H groups in total. The lowest BCUT2D eigenvalue weighted by atomic mass is 10.2. The number of anilines is 2. The van der Waals surface area contributed by atoms with Gasteiger partial charge >= 0.3 is 0 Å². The highest BCUT2D eigenvalue weighted by Crippen LogP contribution is 2.10. The van der Waals surface area contributed by atoms with Crippen LogP contribution in [0.2, 0.25) is 0 Å². The average molecular weight is 243 g/mol. The van der Waals surface area contributed by atoms with Crippen molar-refractivity contribution in [3.8, 4) is 0 Å². The van der Waals surface area contributed by atoms with Crippen molar-refractivity contribution >= 4 is 17.5 Å². The summed E-state index contributed by atoms with van der Waals surface area (Å²) in [5, 5.41) is 10.1. The number of nitrogen functional groups attached to an aromatic ring is 1. The molecule has 0 aliphatic heterocycles. The van der Waals surface area contributed by atoms with E-state index < -0.39 is 0 Å². The quantitative estimate of drug-likeness (QED) is 0.846. The van der Waals surface area contributed by atoms with Crippen molar-refractivity contribution in [1.82, 2.24) is 15.2 Å². The highest BCUT2D eigenvalue weighted by molar-refractivity contribution is 6.04. The molecule has 0 saturated carbocycles. The number of pyridine rings is 1. The summed E-state index contributed by atoms with van der Waals surface area (Å²) in [5.41, 5.74) is 6.89. The number of carbonyl (C=O) groups is 1. The van der Waals surface area contributed by atoms with Gasteiger partial charge in [-0.1, -0.05) is 6.92 Å². The number of carbonyl (C=O) groups excluding carboxylic acids is 1. The third-order valence-corrected chi connectivity index (χ3v) is 2.34. The van der Waals surface area contributed by atoms with Crippen molar-refractivity contribution in [1.29, 1.82) is 0 Å². The molecule has 0 saturated heterocycles. The van der Waals surface area contributed by atoms with Crippen LogP contribution in [0.3, 0.4) is 0 Å². The second-order valence-electron chi connectivity index (χ2n) is 3.69. The number of aromatic nitrogens is 3. The van der Waals surface area contributed by atoms with Crippen molar-refractivity contribution in [3.63, 3.8) is 0 Å².